The fourth-order valence-corrected chi connectivity index (χ4v) is 5.74. The summed E-state index contributed by atoms with van der Waals surface area (Å²) in [6.07, 6.45) is 5.31. The van der Waals surface area contributed by atoms with E-state index in [0.717, 1.165) is 24.9 Å². The number of likely N-dealkylation sites (N-methyl/N-ethyl adjacent to an activating group) is 1. The lowest BCUT2D eigenvalue weighted by molar-refractivity contribution is -0.152. The maximum Gasteiger partial charge on any atom is 0.394 e. The third-order valence-electron chi connectivity index (χ3n) is 6.67. The summed E-state index contributed by atoms with van der Waals surface area (Å²) in [6, 6.07) is 4.28. The SMILES string of the molecule is CC(=O)Oc1ccc2c3c1O[C@H]1[C@@H](OC(C)=O)C=C[C@H]4[C@@H](C2)N(C)CC[C@@]341.O=S(=O)(O)O.O=S(=O)(O)O. The molecule has 0 aromatic heterocycles. The van der Waals surface area contributed by atoms with Crippen LogP contribution < -0.4 is 9.47 Å². The van der Waals surface area contributed by atoms with Crippen LogP contribution in [-0.4, -0.2) is 83.7 Å². The monoisotopic (exact) mass is 565 g/mol. The molecule has 0 unspecified atom stereocenters. The summed E-state index contributed by atoms with van der Waals surface area (Å²) >= 11 is 0. The zero-order valence-electron chi connectivity index (χ0n) is 20.0. The van der Waals surface area contributed by atoms with Crippen LogP contribution in [0.3, 0.4) is 0 Å². The van der Waals surface area contributed by atoms with Crippen molar-refractivity contribution >= 4 is 32.7 Å². The molecule has 0 amide bonds. The molecule has 1 saturated heterocycles. The van der Waals surface area contributed by atoms with Crippen LogP contribution in [0.4, 0.5) is 0 Å². The number of hydrogen-bond acceptors (Lipinski definition) is 10. The standard InChI is InChI=1S/C21H23NO5.2H2O4S/c1-11(23)25-16-6-4-13-10-15-14-5-7-17(26-12(2)24)20-21(14,8-9-22(15)3)18(13)19(16)27-20;2*1-5(2,3)4/h4-7,14-15,17,20H,8-10H2,1-3H3;2*(H2,1,2,3,4)/t14-,15+,17-,20-,21-;;/m0../s1. The van der Waals surface area contributed by atoms with Crippen LogP contribution in [0, 0.1) is 5.92 Å². The summed E-state index contributed by atoms with van der Waals surface area (Å²) in [5.41, 5.74) is 2.15. The van der Waals surface area contributed by atoms with E-state index < -0.39 is 26.9 Å². The van der Waals surface area contributed by atoms with Crippen LogP contribution in [0.5, 0.6) is 11.5 Å². The van der Waals surface area contributed by atoms with Crippen LogP contribution in [0.1, 0.15) is 31.4 Å². The highest BCUT2D eigenvalue weighted by atomic mass is 32.3. The molecule has 0 saturated carbocycles. The average molecular weight is 566 g/mol. The van der Waals surface area contributed by atoms with E-state index >= 15 is 0 Å². The van der Waals surface area contributed by atoms with E-state index in [1.165, 1.54) is 19.4 Å². The Kier molecular flexibility index (Phi) is 8.05. The van der Waals surface area contributed by atoms with Crippen molar-refractivity contribution in [1.82, 2.24) is 4.90 Å². The smallest absolute Gasteiger partial charge is 0.394 e. The summed E-state index contributed by atoms with van der Waals surface area (Å²) < 4.78 is 80.7. The summed E-state index contributed by atoms with van der Waals surface area (Å²) in [5, 5.41) is 0. The van der Waals surface area contributed by atoms with E-state index in [1.54, 1.807) is 0 Å². The molecule has 1 spiro atoms. The van der Waals surface area contributed by atoms with Gasteiger partial charge in [-0.25, -0.2) is 0 Å². The van der Waals surface area contributed by atoms with Crippen LogP contribution >= 0.6 is 0 Å². The van der Waals surface area contributed by atoms with E-state index in [-0.39, 0.29) is 29.4 Å². The molecule has 0 radical (unpaired) electrons. The average Bonchev–Trinajstić information content (AvgIpc) is 3.05. The third-order valence-corrected chi connectivity index (χ3v) is 6.67. The van der Waals surface area contributed by atoms with Gasteiger partial charge in [0.05, 0.1) is 0 Å². The highest BCUT2D eigenvalue weighted by molar-refractivity contribution is 7.80. The van der Waals surface area contributed by atoms with Crippen molar-refractivity contribution in [2.45, 2.75) is 50.4 Å². The molecule has 16 heteroatoms. The highest BCUT2D eigenvalue weighted by Gasteiger charge is 2.65. The molecule has 1 fully saturated rings. The van der Waals surface area contributed by atoms with Crippen molar-refractivity contribution in [2.75, 3.05) is 13.6 Å². The Hall–Kier alpha value is -2.60. The van der Waals surface area contributed by atoms with Gasteiger partial charge in [0.1, 0.15) is 6.10 Å². The Bertz CT molecular complexity index is 1280. The lowest BCUT2D eigenvalue weighted by Crippen LogP contribution is -2.65. The summed E-state index contributed by atoms with van der Waals surface area (Å²) in [5.74, 6) is 0.712. The number of hydrogen-bond donors (Lipinski definition) is 4. The molecule has 4 aliphatic rings. The molecule has 14 nitrogen and oxygen atoms in total. The molecule has 206 valence electrons. The maximum absolute atomic E-state index is 11.7. The number of carbonyl (C=O) groups is 2. The molecule has 5 atom stereocenters. The number of ether oxygens (including phenoxy) is 3. The number of likely N-dealkylation sites (tertiary alicyclic amines) is 1. The number of benzene rings is 1. The van der Waals surface area contributed by atoms with Gasteiger partial charge in [0.2, 0.25) is 0 Å². The summed E-state index contributed by atoms with van der Waals surface area (Å²) in [6.45, 7) is 3.77. The van der Waals surface area contributed by atoms with Crippen LogP contribution in [-0.2, 0) is 47.0 Å². The van der Waals surface area contributed by atoms with Gasteiger partial charge < -0.3 is 19.1 Å². The van der Waals surface area contributed by atoms with E-state index in [4.69, 9.17) is 49.3 Å². The third kappa shape index (κ3) is 6.46. The minimum absolute atomic E-state index is 0.245. The predicted molar refractivity (Wildman–Crippen MR) is 125 cm³/mol. The fraction of sp³-hybridized carbons (Fsp3) is 0.524. The number of carbonyl (C=O) groups excluding carboxylic acids is 2. The molecule has 2 heterocycles. The Morgan fingerprint density at radius 2 is 1.62 bits per heavy atom. The van der Waals surface area contributed by atoms with Crippen molar-refractivity contribution in [3.05, 3.63) is 35.4 Å². The minimum Gasteiger partial charge on any atom is -0.481 e. The first-order valence-corrected chi connectivity index (χ1v) is 13.7. The summed E-state index contributed by atoms with van der Waals surface area (Å²) in [7, 11) is -7.16. The Morgan fingerprint density at radius 1 is 1.03 bits per heavy atom. The largest absolute Gasteiger partial charge is 0.481 e. The van der Waals surface area contributed by atoms with Crippen molar-refractivity contribution in [3.63, 3.8) is 0 Å². The van der Waals surface area contributed by atoms with Gasteiger partial charge in [-0.2, -0.15) is 16.8 Å². The lowest BCUT2D eigenvalue weighted by atomic mass is 9.53. The molecule has 2 aliphatic heterocycles. The lowest BCUT2D eigenvalue weighted by Gasteiger charge is -2.56. The first kappa shape index (κ1) is 29.0. The number of esters is 2. The first-order valence-electron chi connectivity index (χ1n) is 10.9. The molecule has 4 N–H and O–H groups in total. The Morgan fingerprint density at radius 3 is 2.16 bits per heavy atom. The molecular weight excluding hydrogens is 538 g/mol. The van der Waals surface area contributed by atoms with E-state index in [9.17, 15) is 9.59 Å². The Balaban J connectivity index is 0.000000327. The van der Waals surface area contributed by atoms with E-state index in [1.807, 2.05) is 12.1 Å². The van der Waals surface area contributed by atoms with Gasteiger partial charge in [0.25, 0.3) is 0 Å². The molecule has 2 aliphatic carbocycles. The topological polar surface area (TPSA) is 214 Å². The van der Waals surface area contributed by atoms with Gasteiger partial charge >= 0.3 is 32.7 Å². The molecular formula is C21H27NO13S2. The molecule has 1 aromatic carbocycles. The zero-order chi connectivity index (χ0) is 27.9. The maximum atomic E-state index is 11.7. The fourth-order valence-electron chi connectivity index (χ4n) is 5.74. The van der Waals surface area contributed by atoms with Gasteiger partial charge in [-0.3, -0.25) is 27.8 Å². The summed E-state index contributed by atoms with van der Waals surface area (Å²) in [4.78, 5) is 25.7. The Labute approximate surface area is 213 Å². The van der Waals surface area contributed by atoms with Gasteiger partial charge in [-0.05, 0) is 44.1 Å². The van der Waals surface area contributed by atoms with Gasteiger partial charge in [-0.1, -0.05) is 12.1 Å². The highest BCUT2D eigenvalue weighted by Crippen LogP contribution is 2.62. The minimum atomic E-state index is -4.67. The molecule has 37 heavy (non-hydrogen) atoms. The van der Waals surface area contributed by atoms with Gasteiger partial charge in [0.15, 0.2) is 17.6 Å². The first-order chi connectivity index (χ1) is 16.9. The normalized spacial score (nSPS) is 28.8. The number of rotatable bonds is 2. The number of piperidine rings is 1. The second-order valence-electron chi connectivity index (χ2n) is 8.98. The van der Waals surface area contributed by atoms with Crippen LogP contribution in [0.15, 0.2) is 24.3 Å². The van der Waals surface area contributed by atoms with Gasteiger partial charge in [-0.15, -0.1) is 0 Å². The van der Waals surface area contributed by atoms with Crippen molar-refractivity contribution in [2.24, 2.45) is 5.92 Å². The van der Waals surface area contributed by atoms with E-state index in [0.29, 0.717) is 17.5 Å². The molecule has 5 rings (SSSR count). The number of nitrogens with zero attached hydrogens (tertiary/aromatic N) is 1. The van der Waals surface area contributed by atoms with Crippen LogP contribution in [0.25, 0.3) is 0 Å². The van der Waals surface area contributed by atoms with Gasteiger partial charge in [0, 0.05) is 36.8 Å². The molecule has 1 aromatic rings. The van der Waals surface area contributed by atoms with Crippen molar-refractivity contribution in [3.8, 4) is 11.5 Å². The van der Waals surface area contributed by atoms with E-state index in [2.05, 4.69) is 24.1 Å². The molecule has 2 bridgehead atoms. The van der Waals surface area contributed by atoms with Crippen molar-refractivity contribution in [1.29, 1.82) is 0 Å². The van der Waals surface area contributed by atoms with Crippen molar-refractivity contribution < 1.29 is 58.8 Å². The second-order valence-corrected chi connectivity index (χ2v) is 10.8. The van der Waals surface area contributed by atoms with Crippen LogP contribution in [0.2, 0.25) is 0 Å². The zero-order valence-corrected chi connectivity index (χ0v) is 21.6. The predicted octanol–water partition coefficient (Wildman–Crippen LogP) is 0.683. The quantitative estimate of drug-likeness (QED) is 0.168. The second kappa shape index (κ2) is 10.3.